The van der Waals surface area contributed by atoms with Crippen LogP contribution in [0.3, 0.4) is 0 Å². The van der Waals surface area contributed by atoms with E-state index in [-0.39, 0.29) is 16.8 Å². The Labute approximate surface area is 143 Å². The Morgan fingerprint density at radius 1 is 0.900 bits per heavy atom. The van der Waals surface area contributed by atoms with Gasteiger partial charge in [-0.05, 0) is 66.6 Å². The fourth-order valence-corrected chi connectivity index (χ4v) is 6.49. The Balaban J connectivity index is 2.13. The number of hydrogen-bond donors (Lipinski definition) is 1. The summed E-state index contributed by atoms with van der Waals surface area (Å²) < 4.78 is 2.37. The lowest BCUT2D eigenvalue weighted by atomic mass is 9.65. The van der Waals surface area contributed by atoms with Crippen molar-refractivity contribution in [3.8, 4) is 0 Å². The fourth-order valence-electron chi connectivity index (χ4n) is 3.89. The van der Waals surface area contributed by atoms with Crippen molar-refractivity contribution in [1.82, 2.24) is 0 Å². The summed E-state index contributed by atoms with van der Waals surface area (Å²) in [7, 11) is 0. The molecule has 0 spiro atoms. The van der Waals surface area contributed by atoms with E-state index < -0.39 is 0 Å². The molecule has 2 bridgehead atoms. The van der Waals surface area contributed by atoms with E-state index >= 15 is 0 Å². The lowest BCUT2D eigenvalue weighted by molar-refractivity contribution is 0.0924. The van der Waals surface area contributed by atoms with Crippen molar-refractivity contribution < 1.29 is 5.11 Å². The van der Waals surface area contributed by atoms with Crippen LogP contribution in [0, 0.1) is 0 Å². The van der Waals surface area contributed by atoms with Crippen LogP contribution in [0.5, 0.6) is 0 Å². The molecule has 3 aliphatic carbocycles. The minimum atomic E-state index is -0.286. The van der Waals surface area contributed by atoms with Gasteiger partial charge in [-0.1, -0.05) is 40.2 Å². The zero-order valence-corrected chi connectivity index (χ0v) is 15.4. The first kappa shape index (κ1) is 13.7. The largest absolute Gasteiger partial charge is 0.391 e. The van der Waals surface area contributed by atoms with Crippen molar-refractivity contribution in [3.63, 3.8) is 0 Å². The molecular weight excluding hydrogens is 448 g/mol. The predicted octanol–water partition coefficient (Wildman–Crippen LogP) is 5.46. The summed E-state index contributed by atoms with van der Waals surface area (Å²) in [6, 6.07) is 8.45. The van der Waals surface area contributed by atoms with Gasteiger partial charge in [-0.3, -0.25) is 0 Å². The van der Waals surface area contributed by atoms with E-state index in [1.165, 1.54) is 30.8 Å². The van der Waals surface area contributed by atoms with E-state index in [9.17, 15) is 5.11 Å². The van der Waals surface area contributed by atoms with Crippen LogP contribution in [0.1, 0.15) is 35.8 Å². The molecule has 1 N–H and O–H groups in total. The second kappa shape index (κ2) is 4.80. The van der Waals surface area contributed by atoms with Crippen LogP contribution in [0.2, 0.25) is 0 Å². The number of fused-ring (bicyclic) bond motifs is 3. The summed E-state index contributed by atoms with van der Waals surface area (Å²) >= 11 is 11.3. The lowest BCUT2D eigenvalue weighted by Crippen LogP contribution is -2.43. The minimum Gasteiger partial charge on any atom is -0.391 e. The normalized spacial score (nSPS) is 31.6. The summed E-state index contributed by atoms with van der Waals surface area (Å²) in [6.45, 7) is 0. The highest BCUT2D eigenvalue weighted by atomic mass is 79.9. The maximum absolute atomic E-state index is 10.5. The number of alkyl halides is 1. The SMILES string of the molecule is OC1C2CCC(c3c2c(Br)c2ccccc2c3Br)C1Br. The van der Waals surface area contributed by atoms with Gasteiger partial charge in [0.25, 0.3) is 0 Å². The van der Waals surface area contributed by atoms with Gasteiger partial charge in [-0.15, -0.1) is 0 Å². The molecule has 0 heterocycles. The standard InChI is InChI=1S/C16H13Br3O/c17-13-7-3-1-2-4-8(7)14(18)12-10-6-5-9(11(12)13)15(19)16(10)20/h1-4,9-10,15-16,20H,5-6H2. The Bertz CT molecular complexity index is 652. The van der Waals surface area contributed by atoms with Crippen molar-refractivity contribution in [2.75, 3.05) is 0 Å². The van der Waals surface area contributed by atoms with E-state index in [2.05, 4.69) is 72.1 Å². The number of aliphatic hydroxyl groups is 1. The molecule has 4 heteroatoms. The van der Waals surface area contributed by atoms with E-state index in [4.69, 9.17) is 0 Å². The average molecular weight is 461 g/mol. The molecule has 0 amide bonds. The Kier molecular flexibility index (Phi) is 3.30. The maximum Gasteiger partial charge on any atom is 0.0740 e. The number of halogens is 3. The molecule has 3 aliphatic rings. The highest BCUT2D eigenvalue weighted by molar-refractivity contribution is 9.11. The third-order valence-corrected chi connectivity index (χ3v) is 7.70. The number of hydrogen-bond acceptors (Lipinski definition) is 1. The van der Waals surface area contributed by atoms with Gasteiger partial charge in [0.1, 0.15) is 0 Å². The molecule has 2 aromatic rings. The summed E-state index contributed by atoms with van der Waals surface area (Å²) in [4.78, 5) is 0.165. The summed E-state index contributed by atoms with van der Waals surface area (Å²) in [5.41, 5.74) is 2.70. The first-order valence-corrected chi connectivity index (χ1v) is 9.33. The zero-order valence-electron chi connectivity index (χ0n) is 10.6. The quantitative estimate of drug-likeness (QED) is 0.517. The van der Waals surface area contributed by atoms with Crippen LogP contribution < -0.4 is 0 Å². The molecule has 4 atom stereocenters. The maximum atomic E-state index is 10.5. The fraction of sp³-hybridized carbons (Fsp3) is 0.375. The molecule has 104 valence electrons. The van der Waals surface area contributed by atoms with Gasteiger partial charge in [0, 0.05) is 25.6 Å². The van der Waals surface area contributed by atoms with Crippen LogP contribution >= 0.6 is 47.8 Å². The van der Waals surface area contributed by atoms with Crippen molar-refractivity contribution in [2.24, 2.45) is 0 Å². The molecular formula is C16H13Br3O. The molecule has 1 fully saturated rings. The minimum absolute atomic E-state index is 0.165. The predicted molar refractivity (Wildman–Crippen MR) is 92.8 cm³/mol. The monoisotopic (exact) mass is 458 g/mol. The van der Waals surface area contributed by atoms with Gasteiger partial charge >= 0.3 is 0 Å². The number of rotatable bonds is 0. The van der Waals surface area contributed by atoms with Gasteiger partial charge < -0.3 is 5.11 Å². The Morgan fingerprint density at radius 3 is 2.00 bits per heavy atom. The summed E-state index contributed by atoms with van der Waals surface area (Å²) in [6.07, 6.45) is 1.93. The average Bonchev–Trinajstić information content (AvgIpc) is 2.48. The smallest absolute Gasteiger partial charge is 0.0740 e. The highest BCUT2D eigenvalue weighted by Crippen LogP contribution is 2.57. The second-order valence-electron chi connectivity index (χ2n) is 5.73. The van der Waals surface area contributed by atoms with E-state index in [0.717, 1.165) is 12.8 Å². The molecule has 0 saturated heterocycles. The number of benzene rings is 2. The first-order valence-electron chi connectivity index (χ1n) is 6.83. The van der Waals surface area contributed by atoms with Gasteiger partial charge in [-0.25, -0.2) is 0 Å². The Morgan fingerprint density at radius 2 is 1.40 bits per heavy atom. The number of aliphatic hydroxyl groups excluding tert-OH is 1. The molecule has 1 nitrogen and oxygen atoms in total. The van der Waals surface area contributed by atoms with Gasteiger partial charge in [0.05, 0.1) is 6.10 Å². The van der Waals surface area contributed by atoms with Crippen LogP contribution in [0.4, 0.5) is 0 Å². The molecule has 5 rings (SSSR count). The summed E-state index contributed by atoms with van der Waals surface area (Å²) in [5, 5.41) is 13.0. The topological polar surface area (TPSA) is 20.2 Å². The molecule has 20 heavy (non-hydrogen) atoms. The van der Waals surface area contributed by atoms with Crippen LogP contribution in [-0.2, 0) is 0 Å². The van der Waals surface area contributed by atoms with Crippen molar-refractivity contribution in [1.29, 1.82) is 0 Å². The van der Waals surface area contributed by atoms with Crippen molar-refractivity contribution in [3.05, 3.63) is 44.3 Å². The van der Waals surface area contributed by atoms with Gasteiger partial charge in [0.15, 0.2) is 0 Å². The lowest BCUT2D eigenvalue weighted by Gasteiger charge is -2.46. The molecule has 2 aromatic carbocycles. The first-order chi connectivity index (χ1) is 9.61. The van der Waals surface area contributed by atoms with Crippen LogP contribution in [0.25, 0.3) is 10.8 Å². The van der Waals surface area contributed by atoms with Crippen molar-refractivity contribution >= 4 is 58.6 Å². The third-order valence-electron chi connectivity index (χ3n) is 4.82. The third kappa shape index (κ3) is 1.68. The van der Waals surface area contributed by atoms with Gasteiger partial charge in [-0.2, -0.15) is 0 Å². The Hall–Kier alpha value is 0.1000. The molecule has 0 aromatic heterocycles. The van der Waals surface area contributed by atoms with Crippen molar-refractivity contribution in [2.45, 2.75) is 35.6 Å². The molecule has 4 unspecified atom stereocenters. The van der Waals surface area contributed by atoms with Crippen LogP contribution in [0.15, 0.2) is 33.2 Å². The second-order valence-corrected chi connectivity index (χ2v) is 8.37. The highest BCUT2D eigenvalue weighted by Gasteiger charge is 2.47. The molecule has 0 radical (unpaired) electrons. The molecule has 1 saturated carbocycles. The van der Waals surface area contributed by atoms with Gasteiger partial charge in [0.2, 0.25) is 0 Å². The summed E-state index contributed by atoms with van der Waals surface area (Å²) in [5.74, 6) is 0.620. The van der Waals surface area contributed by atoms with E-state index in [1.54, 1.807) is 0 Å². The zero-order chi connectivity index (χ0) is 14.0. The van der Waals surface area contributed by atoms with Crippen LogP contribution in [-0.4, -0.2) is 16.0 Å². The van der Waals surface area contributed by atoms with E-state index in [1.807, 2.05) is 0 Å². The van der Waals surface area contributed by atoms with E-state index in [0.29, 0.717) is 5.92 Å². The molecule has 0 aliphatic heterocycles.